The van der Waals surface area contributed by atoms with Crippen LogP contribution in [-0.2, 0) is 0 Å². The number of nitrogens with zero attached hydrogens (tertiary/aromatic N) is 2. The van der Waals surface area contributed by atoms with Crippen LogP contribution < -0.4 is 4.90 Å². The second-order valence-corrected chi connectivity index (χ2v) is 16.8. The largest absolute Gasteiger partial charge is 0.455 e. The fourth-order valence-electron chi connectivity index (χ4n) is 10.2. The van der Waals surface area contributed by atoms with E-state index in [-0.39, 0.29) is 0 Å². The maximum Gasteiger partial charge on any atom is 0.145 e. The fourth-order valence-corrected chi connectivity index (χ4v) is 10.2. The van der Waals surface area contributed by atoms with Crippen LogP contribution in [0.3, 0.4) is 0 Å². The van der Waals surface area contributed by atoms with Crippen LogP contribution in [0, 0.1) is 0 Å². The minimum Gasteiger partial charge on any atom is -0.455 e. The molecule has 65 heavy (non-hydrogen) atoms. The lowest BCUT2D eigenvalue weighted by molar-refractivity contribution is 0.670. The van der Waals surface area contributed by atoms with Crippen molar-refractivity contribution in [3.05, 3.63) is 243 Å². The van der Waals surface area contributed by atoms with Crippen molar-refractivity contribution in [2.24, 2.45) is 0 Å². The van der Waals surface area contributed by atoms with Gasteiger partial charge in [-0.15, -0.1) is 0 Å². The zero-order valence-electron chi connectivity index (χ0n) is 35.4. The van der Waals surface area contributed by atoms with E-state index < -0.39 is 0 Å². The minimum absolute atomic E-state index is 0.860. The SMILES string of the molecule is c1ccc(-c2ccc(N(c3ccc(-c4cc5ccccc5c5ccccc45)cc3)c3ccc4c(oc5ccccc54)c3-c3ccc(-n4c5ccccc5c5ccccc54)cc3)cc2)cc1. The topological polar surface area (TPSA) is 21.3 Å². The summed E-state index contributed by atoms with van der Waals surface area (Å²) in [7, 11) is 0. The lowest BCUT2D eigenvalue weighted by Crippen LogP contribution is -2.11. The van der Waals surface area contributed by atoms with E-state index in [0.29, 0.717) is 0 Å². The molecule has 0 saturated carbocycles. The van der Waals surface area contributed by atoms with Gasteiger partial charge in [0.25, 0.3) is 0 Å². The molecule has 2 aromatic heterocycles. The van der Waals surface area contributed by atoms with Gasteiger partial charge < -0.3 is 13.9 Å². The van der Waals surface area contributed by atoms with Crippen molar-refractivity contribution in [1.82, 2.24) is 4.57 Å². The van der Waals surface area contributed by atoms with Gasteiger partial charge in [0.05, 0.1) is 16.7 Å². The number of para-hydroxylation sites is 3. The zero-order chi connectivity index (χ0) is 42.8. The lowest BCUT2D eigenvalue weighted by Gasteiger charge is -2.28. The molecule has 13 rings (SSSR count). The summed E-state index contributed by atoms with van der Waals surface area (Å²) in [6, 6.07) is 87.6. The third-order valence-electron chi connectivity index (χ3n) is 13.2. The summed E-state index contributed by atoms with van der Waals surface area (Å²) >= 11 is 0. The van der Waals surface area contributed by atoms with Crippen LogP contribution in [0.1, 0.15) is 0 Å². The molecule has 3 nitrogen and oxygen atoms in total. The maximum absolute atomic E-state index is 6.92. The molecular weight excluding hydrogens is 789 g/mol. The van der Waals surface area contributed by atoms with Gasteiger partial charge in [0.2, 0.25) is 0 Å². The number of benzene rings is 11. The second kappa shape index (κ2) is 15.0. The van der Waals surface area contributed by atoms with Crippen LogP contribution in [0.4, 0.5) is 17.1 Å². The smallest absolute Gasteiger partial charge is 0.145 e. The summed E-state index contributed by atoms with van der Waals surface area (Å²) in [6.45, 7) is 0. The van der Waals surface area contributed by atoms with E-state index in [9.17, 15) is 0 Å². The first-order valence-corrected chi connectivity index (χ1v) is 22.2. The molecular formula is C62H40N2O. The average molecular weight is 829 g/mol. The fraction of sp³-hybridized carbons (Fsp3) is 0. The van der Waals surface area contributed by atoms with Crippen molar-refractivity contribution < 1.29 is 4.42 Å². The third-order valence-corrected chi connectivity index (χ3v) is 13.2. The molecule has 0 fully saturated rings. The molecule has 0 spiro atoms. The Morgan fingerprint density at radius 2 is 0.862 bits per heavy atom. The van der Waals surface area contributed by atoms with E-state index in [2.05, 4.69) is 246 Å². The number of hydrogen-bond acceptors (Lipinski definition) is 2. The summed E-state index contributed by atoms with van der Waals surface area (Å²) < 4.78 is 9.29. The van der Waals surface area contributed by atoms with Crippen molar-refractivity contribution in [2.45, 2.75) is 0 Å². The lowest BCUT2D eigenvalue weighted by atomic mass is 9.93. The predicted octanol–water partition coefficient (Wildman–Crippen LogP) is 17.5. The molecule has 0 saturated heterocycles. The first-order valence-electron chi connectivity index (χ1n) is 22.2. The minimum atomic E-state index is 0.860. The van der Waals surface area contributed by atoms with Crippen LogP contribution in [0.15, 0.2) is 247 Å². The molecule has 0 bridgehead atoms. The third kappa shape index (κ3) is 6.05. The van der Waals surface area contributed by atoms with Crippen molar-refractivity contribution in [2.75, 3.05) is 4.90 Å². The Bertz CT molecular complexity index is 3860. The molecule has 2 heterocycles. The number of anilines is 3. The molecule has 11 aromatic carbocycles. The van der Waals surface area contributed by atoms with Gasteiger partial charge in [-0.3, -0.25) is 0 Å². The van der Waals surface area contributed by atoms with E-state index in [1.54, 1.807) is 0 Å². The molecule has 304 valence electrons. The highest BCUT2D eigenvalue weighted by molar-refractivity contribution is 6.15. The van der Waals surface area contributed by atoms with Gasteiger partial charge in [0.15, 0.2) is 0 Å². The summed E-state index contributed by atoms with van der Waals surface area (Å²) in [5.41, 5.74) is 15.2. The van der Waals surface area contributed by atoms with E-state index in [0.717, 1.165) is 55.8 Å². The van der Waals surface area contributed by atoms with E-state index in [1.807, 2.05) is 6.07 Å². The van der Waals surface area contributed by atoms with E-state index in [1.165, 1.54) is 65.6 Å². The summed E-state index contributed by atoms with van der Waals surface area (Å²) in [5.74, 6) is 0. The molecule has 0 N–H and O–H groups in total. The first-order chi connectivity index (χ1) is 32.2. The van der Waals surface area contributed by atoms with Crippen molar-refractivity contribution in [1.29, 1.82) is 0 Å². The number of fused-ring (bicyclic) bond motifs is 9. The summed E-state index contributed by atoms with van der Waals surface area (Å²) in [6.07, 6.45) is 0. The molecule has 13 aromatic rings. The molecule has 0 aliphatic heterocycles. The monoisotopic (exact) mass is 828 g/mol. The molecule has 0 amide bonds. The summed E-state index contributed by atoms with van der Waals surface area (Å²) in [5, 5.41) is 9.69. The number of hydrogen-bond donors (Lipinski definition) is 0. The highest BCUT2D eigenvalue weighted by Crippen LogP contribution is 2.48. The molecule has 0 atom stereocenters. The van der Waals surface area contributed by atoms with E-state index >= 15 is 0 Å². The predicted molar refractivity (Wildman–Crippen MR) is 274 cm³/mol. The van der Waals surface area contributed by atoms with Crippen LogP contribution in [0.25, 0.3) is 104 Å². The Labute approximate surface area is 376 Å². The quantitative estimate of drug-likeness (QED) is 0.149. The van der Waals surface area contributed by atoms with Gasteiger partial charge >= 0.3 is 0 Å². The highest BCUT2D eigenvalue weighted by atomic mass is 16.3. The van der Waals surface area contributed by atoms with E-state index in [4.69, 9.17) is 4.42 Å². The summed E-state index contributed by atoms with van der Waals surface area (Å²) in [4.78, 5) is 2.39. The normalized spacial score (nSPS) is 11.7. The Balaban J connectivity index is 1.01. The van der Waals surface area contributed by atoms with Crippen LogP contribution in [0.2, 0.25) is 0 Å². The van der Waals surface area contributed by atoms with Crippen molar-refractivity contribution in [3.63, 3.8) is 0 Å². The van der Waals surface area contributed by atoms with Crippen LogP contribution in [-0.4, -0.2) is 4.57 Å². The average Bonchev–Trinajstić information content (AvgIpc) is 3.93. The molecule has 0 unspecified atom stereocenters. The number of aromatic nitrogens is 1. The van der Waals surface area contributed by atoms with Gasteiger partial charge in [0.1, 0.15) is 11.2 Å². The Hall–Kier alpha value is -8.66. The molecule has 0 radical (unpaired) electrons. The number of rotatable bonds is 7. The Morgan fingerprint density at radius 3 is 1.55 bits per heavy atom. The van der Waals surface area contributed by atoms with Gasteiger partial charge in [0, 0.05) is 44.2 Å². The van der Waals surface area contributed by atoms with Crippen LogP contribution >= 0.6 is 0 Å². The Morgan fingerprint density at radius 1 is 0.338 bits per heavy atom. The maximum atomic E-state index is 6.92. The molecule has 0 aliphatic carbocycles. The van der Waals surface area contributed by atoms with Crippen molar-refractivity contribution >= 4 is 82.4 Å². The standard InChI is InChI=1S/C62H40N2O/c1-2-14-41(15-3-1)42-26-32-46(33-27-42)63(47-34-28-43(29-35-47)56-40-45-16-4-5-17-49(45)50-18-6-7-19-51(50)56)59-39-38-55-54-22-10-13-25-60(54)65-62(55)61(59)44-30-36-48(37-31-44)64-57-23-11-8-20-52(57)53-21-9-12-24-58(53)64/h1-40H. The number of furan rings is 1. The highest BCUT2D eigenvalue weighted by Gasteiger charge is 2.24. The second-order valence-electron chi connectivity index (χ2n) is 16.8. The zero-order valence-corrected chi connectivity index (χ0v) is 35.4. The van der Waals surface area contributed by atoms with Gasteiger partial charge in [-0.2, -0.15) is 0 Å². The van der Waals surface area contributed by atoms with Gasteiger partial charge in [-0.1, -0.05) is 170 Å². The van der Waals surface area contributed by atoms with Gasteiger partial charge in [-0.25, -0.2) is 0 Å². The Kier molecular flexibility index (Phi) is 8.53. The van der Waals surface area contributed by atoms with Crippen LogP contribution in [0.5, 0.6) is 0 Å². The molecule has 3 heteroatoms. The van der Waals surface area contributed by atoms with Gasteiger partial charge in [-0.05, 0) is 122 Å². The van der Waals surface area contributed by atoms with Crippen molar-refractivity contribution in [3.8, 4) is 39.1 Å². The molecule has 0 aliphatic rings. The first kappa shape index (κ1) is 36.9.